The molecule has 0 saturated heterocycles. The van der Waals surface area contributed by atoms with E-state index in [9.17, 15) is 9.90 Å². The van der Waals surface area contributed by atoms with Gasteiger partial charge in [0.2, 0.25) is 0 Å². The number of benzene rings is 2. The maximum absolute atomic E-state index is 11.2. The van der Waals surface area contributed by atoms with Crippen LogP contribution in [0.15, 0.2) is 42.5 Å². The normalized spacial score (nSPS) is 11.9. The smallest absolute Gasteiger partial charge is 0.405 e. The number of aromatic hydroxyl groups is 1. The average Bonchev–Trinajstić information content (AvgIpc) is 2.56. The van der Waals surface area contributed by atoms with E-state index in [-0.39, 0.29) is 5.75 Å². The maximum Gasteiger partial charge on any atom is 0.405 e. The molecule has 24 heavy (non-hydrogen) atoms. The van der Waals surface area contributed by atoms with E-state index in [1.165, 1.54) is 0 Å². The van der Waals surface area contributed by atoms with Crippen molar-refractivity contribution in [1.29, 1.82) is 0 Å². The highest BCUT2D eigenvalue weighted by Gasteiger charge is 2.21. The Bertz CT molecular complexity index is 687. The van der Waals surface area contributed by atoms with E-state index in [4.69, 9.17) is 16.2 Å². The summed E-state index contributed by atoms with van der Waals surface area (Å²) in [7, 11) is 0. The number of hydrogen-bond acceptors (Lipinski definition) is 4. The Morgan fingerprint density at radius 1 is 1.21 bits per heavy atom. The van der Waals surface area contributed by atoms with Gasteiger partial charge in [0, 0.05) is 23.2 Å². The number of primary amides is 1. The molecule has 2 rings (SSSR count). The molecule has 0 aliphatic heterocycles. The number of nitrogen functional groups attached to an aromatic ring is 1. The number of phenols is 1. The second kappa shape index (κ2) is 8.24. The van der Waals surface area contributed by atoms with E-state index >= 15 is 0 Å². The number of anilines is 1. The van der Waals surface area contributed by atoms with Crippen molar-refractivity contribution in [2.24, 2.45) is 5.73 Å². The molecule has 2 aromatic rings. The molecule has 128 valence electrons. The summed E-state index contributed by atoms with van der Waals surface area (Å²) < 4.78 is 5.20. The highest BCUT2D eigenvalue weighted by Crippen LogP contribution is 2.37. The molecule has 0 aliphatic carbocycles. The van der Waals surface area contributed by atoms with Crippen molar-refractivity contribution in [3.05, 3.63) is 59.2 Å². The molecule has 5 heteroatoms. The number of phenolic OH excluding ortho intramolecular Hbond substituents is 1. The zero-order valence-electron chi connectivity index (χ0n) is 13.9. The van der Waals surface area contributed by atoms with Crippen molar-refractivity contribution in [3.8, 4) is 5.75 Å². The molecular formula is C19H24N2O3. The zero-order chi connectivity index (χ0) is 17.5. The summed E-state index contributed by atoms with van der Waals surface area (Å²) in [6.45, 7) is 2.05. The quantitative estimate of drug-likeness (QED) is 0.671. The van der Waals surface area contributed by atoms with Crippen LogP contribution in [0.25, 0.3) is 0 Å². The minimum Gasteiger partial charge on any atom is -0.507 e. The van der Waals surface area contributed by atoms with Crippen molar-refractivity contribution in [3.63, 3.8) is 0 Å². The highest BCUT2D eigenvalue weighted by atomic mass is 16.6. The van der Waals surface area contributed by atoms with Gasteiger partial charge >= 0.3 is 6.09 Å². The molecule has 0 radical (unpaired) electrons. The molecule has 1 amide bonds. The van der Waals surface area contributed by atoms with Crippen LogP contribution >= 0.6 is 0 Å². The molecular weight excluding hydrogens is 304 g/mol. The predicted octanol–water partition coefficient (Wildman–Crippen LogP) is 3.89. The molecule has 0 heterocycles. The monoisotopic (exact) mass is 328 g/mol. The summed E-state index contributed by atoms with van der Waals surface area (Å²) in [5, 5.41) is 10.7. The SMILES string of the molecule is CCCCC(OC(N)=O)c1ccc(N)c(Cc2ccccc2)c1O. The van der Waals surface area contributed by atoms with E-state index < -0.39 is 12.2 Å². The van der Waals surface area contributed by atoms with E-state index in [1.807, 2.05) is 37.3 Å². The fourth-order valence-corrected chi connectivity index (χ4v) is 2.72. The number of carbonyl (C=O) groups is 1. The van der Waals surface area contributed by atoms with Gasteiger partial charge in [0.05, 0.1) is 0 Å². The summed E-state index contributed by atoms with van der Waals surface area (Å²) >= 11 is 0. The topological polar surface area (TPSA) is 98.6 Å². The lowest BCUT2D eigenvalue weighted by molar-refractivity contribution is 0.0982. The lowest BCUT2D eigenvalue weighted by Crippen LogP contribution is -2.18. The Labute approximate surface area is 142 Å². The van der Waals surface area contributed by atoms with Crippen molar-refractivity contribution in [2.45, 2.75) is 38.7 Å². The van der Waals surface area contributed by atoms with Crippen molar-refractivity contribution in [1.82, 2.24) is 0 Å². The molecule has 1 unspecified atom stereocenters. The largest absolute Gasteiger partial charge is 0.507 e. The Hall–Kier alpha value is -2.69. The lowest BCUT2D eigenvalue weighted by atomic mass is 9.95. The molecule has 5 nitrogen and oxygen atoms in total. The standard InChI is InChI=1S/C19H24N2O3/c1-2-3-9-17(24-19(21)23)14-10-11-16(20)15(18(14)22)12-13-7-5-4-6-8-13/h4-8,10-11,17,22H,2-3,9,12,20H2,1H3,(H2,21,23). The number of nitrogens with two attached hydrogens (primary N) is 2. The number of ether oxygens (including phenoxy) is 1. The fourth-order valence-electron chi connectivity index (χ4n) is 2.72. The summed E-state index contributed by atoms with van der Waals surface area (Å²) in [6.07, 6.45) is 1.49. The molecule has 0 fully saturated rings. The van der Waals surface area contributed by atoms with Gasteiger partial charge in [-0.3, -0.25) is 0 Å². The Balaban J connectivity index is 2.36. The molecule has 0 aliphatic rings. The third-order valence-corrected chi connectivity index (χ3v) is 4.00. The van der Waals surface area contributed by atoms with Crippen LogP contribution < -0.4 is 11.5 Å². The molecule has 0 bridgehead atoms. The second-order valence-electron chi connectivity index (χ2n) is 5.80. The first-order chi connectivity index (χ1) is 11.5. The Morgan fingerprint density at radius 3 is 2.54 bits per heavy atom. The summed E-state index contributed by atoms with van der Waals surface area (Å²) in [4.78, 5) is 11.2. The van der Waals surface area contributed by atoms with Gasteiger partial charge < -0.3 is 21.3 Å². The number of unbranched alkanes of at least 4 members (excludes halogenated alkanes) is 1. The molecule has 0 saturated carbocycles. The molecule has 0 aromatic heterocycles. The summed E-state index contributed by atoms with van der Waals surface area (Å²) in [5.41, 5.74) is 13.9. The minimum absolute atomic E-state index is 0.0706. The van der Waals surface area contributed by atoms with E-state index in [1.54, 1.807) is 12.1 Å². The van der Waals surface area contributed by atoms with E-state index in [0.29, 0.717) is 29.7 Å². The van der Waals surface area contributed by atoms with Gasteiger partial charge in [-0.1, -0.05) is 43.7 Å². The van der Waals surface area contributed by atoms with Crippen molar-refractivity contribution in [2.75, 3.05) is 5.73 Å². The van der Waals surface area contributed by atoms with Crippen molar-refractivity contribution < 1.29 is 14.6 Å². The average molecular weight is 328 g/mol. The zero-order valence-corrected chi connectivity index (χ0v) is 13.9. The Kier molecular flexibility index (Phi) is 6.07. The van der Waals surface area contributed by atoms with Gasteiger partial charge in [-0.2, -0.15) is 0 Å². The first-order valence-corrected chi connectivity index (χ1v) is 8.13. The van der Waals surface area contributed by atoms with Gasteiger partial charge in [0.15, 0.2) is 0 Å². The van der Waals surface area contributed by atoms with Crippen LogP contribution in [0.4, 0.5) is 10.5 Å². The number of rotatable bonds is 7. The number of hydrogen-bond donors (Lipinski definition) is 3. The third-order valence-electron chi connectivity index (χ3n) is 4.00. The number of carbonyl (C=O) groups excluding carboxylic acids is 1. The van der Waals surface area contributed by atoms with E-state index in [0.717, 1.165) is 18.4 Å². The van der Waals surface area contributed by atoms with Gasteiger partial charge in [0.25, 0.3) is 0 Å². The van der Waals surface area contributed by atoms with E-state index in [2.05, 4.69) is 0 Å². The minimum atomic E-state index is -0.850. The van der Waals surface area contributed by atoms with Crippen LogP contribution in [0.2, 0.25) is 0 Å². The van der Waals surface area contributed by atoms with Crippen LogP contribution in [-0.2, 0) is 11.2 Å². The first kappa shape index (κ1) is 17.7. The van der Waals surface area contributed by atoms with Crippen LogP contribution in [0.5, 0.6) is 5.75 Å². The van der Waals surface area contributed by atoms with Crippen LogP contribution in [0.1, 0.15) is 49.0 Å². The third kappa shape index (κ3) is 4.41. The summed E-state index contributed by atoms with van der Waals surface area (Å²) in [5.74, 6) is 0.0706. The number of amides is 1. The summed E-state index contributed by atoms with van der Waals surface area (Å²) in [6, 6.07) is 13.2. The van der Waals surface area contributed by atoms with Crippen LogP contribution in [0.3, 0.4) is 0 Å². The van der Waals surface area contributed by atoms with Crippen LogP contribution in [0, 0.1) is 0 Å². The molecule has 2 aromatic carbocycles. The van der Waals surface area contributed by atoms with Gasteiger partial charge in [0.1, 0.15) is 11.9 Å². The Morgan fingerprint density at radius 2 is 1.92 bits per heavy atom. The molecule has 1 atom stereocenters. The van der Waals surface area contributed by atoms with Gasteiger partial charge in [-0.05, 0) is 30.5 Å². The van der Waals surface area contributed by atoms with Gasteiger partial charge in [-0.25, -0.2) is 4.79 Å². The first-order valence-electron chi connectivity index (χ1n) is 8.13. The van der Waals surface area contributed by atoms with Crippen molar-refractivity contribution >= 4 is 11.8 Å². The maximum atomic E-state index is 11.2. The predicted molar refractivity (Wildman–Crippen MR) is 94.7 cm³/mol. The fraction of sp³-hybridized carbons (Fsp3) is 0.316. The molecule has 0 spiro atoms. The lowest BCUT2D eigenvalue weighted by Gasteiger charge is -2.20. The van der Waals surface area contributed by atoms with Gasteiger partial charge in [-0.15, -0.1) is 0 Å². The second-order valence-corrected chi connectivity index (χ2v) is 5.80. The van der Waals surface area contributed by atoms with Crippen LogP contribution in [-0.4, -0.2) is 11.2 Å². The molecule has 5 N–H and O–H groups in total. The highest BCUT2D eigenvalue weighted by molar-refractivity contribution is 5.66.